The standard InChI is InChI=1S/C19H18Cl2F3N3O/c1-9(12-5-4-6-13(20)15(12)21)10(2)27(11-7-8-11)19(28)14-16(17(22)23)25-26(3)18(14)24/h4-6,10-11,17H,1,7-8H2,2-3H3. The van der Waals surface area contributed by atoms with Crippen molar-refractivity contribution < 1.29 is 18.0 Å². The average Bonchev–Trinajstić information content (AvgIpc) is 3.42. The molecule has 0 N–H and O–H groups in total. The van der Waals surface area contributed by atoms with E-state index in [1.54, 1.807) is 25.1 Å². The summed E-state index contributed by atoms with van der Waals surface area (Å²) in [5.74, 6) is -1.93. The van der Waals surface area contributed by atoms with Crippen LogP contribution >= 0.6 is 23.2 Å². The minimum Gasteiger partial charge on any atom is -0.329 e. The van der Waals surface area contributed by atoms with Crippen LogP contribution in [0.2, 0.25) is 10.0 Å². The molecule has 3 rings (SSSR count). The summed E-state index contributed by atoms with van der Waals surface area (Å²) in [7, 11) is 1.17. The molecule has 1 saturated carbocycles. The van der Waals surface area contributed by atoms with E-state index in [2.05, 4.69) is 11.7 Å². The van der Waals surface area contributed by atoms with Gasteiger partial charge in [0.2, 0.25) is 5.95 Å². The molecule has 150 valence electrons. The Morgan fingerprint density at radius 1 is 1.36 bits per heavy atom. The first kappa shape index (κ1) is 20.7. The van der Waals surface area contributed by atoms with Crippen LogP contribution in [-0.4, -0.2) is 32.7 Å². The maximum Gasteiger partial charge on any atom is 0.283 e. The second kappa shape index (κ2) is 7.79. The molecule has 2 aromatic rings. The van der Waals surface area contributed by atoms with E-state index in [-0.39, 0.29) is 11.1 Å². The fourth-order valence-corrected chi connectivity index (χ4v) is 3.58. The molecular weight excluding hydrogens is 414 g/mol. The summed E-state index contributed by atoms with van der Waals surface area (Å²) in [5.41, 5.74) is -0.549. The van der Waals surface area contributed by atoms with Gasteiger partial charge in [-0.15, -0.1) is 0 Å². The topological polar surface area (TPSA) is 38.1 Å². The Morgan fingerprint density at radius 3 is 2.57 bits per heavy atom. The van der Waals surface area contributed by atoms with Crippen molar-refractivity contribution in [2.24, 2.45) is 7.05 Å². The van der Waals surface area contributed by atoms with E-state index in [0.717, 1.165) is 0 Å². The van der Waals surface area contributed by atoms with Crippen molar-refractivity contribution >= 4 is 34.7 Å². The van der Waals surface area contributed by atoms with Crippen LogP contribution < -0.4 is 0 Å². The number of carbonyl (C=O) groups is 1. The van der Waals surface area contributed by atoms with Gasteiger partial charge in [-0.25, -0.2) is 13.5 Å². The lowest BCUT2D eigenvalue weighted by atomic mass is 9.99. The number of amides is 1. The molecule has 0 saturated heterocycles. The molecule has 0 bridgehead atoms. The summed E-state index contributed by atoms with van der Waals surface area (Å²) in [4.78, 5) is 14.5. The molecule has 1 heterocycles. The van der Waals surface area contributed by atoms with Gasteiger partial charge in [0.25, 0.3) is 12.3 Å². The Bertz CT molecular complexity index is 941. The number of aryl methyl sites for hydroxylation is 1. The average molecular weight is 432 g/mol. The third kappa shape index (κ3) is 3.65. The van der Waals surface area contributed by atoms with E-state index >= 15 is 0 Å². The van der Waals surface area contributed by atoms with Crippen LogP contribution in [0.1, 0.15) is 47.8 Å². The normalized spacial score (nSPS) is 15.0. The van der Waals surface area contributed by atoms with Crippen LogP contribution in [0.3, 0.4) is 0 Å². The molecule has 1 unspecified atom stereocenters. The molecule has 1 aliphatic carbocycles. The van der Waals surface area contributed by atoms with Crippen LogP contribution in [0.25, 0.3) is 5.57 Å². The van der Waals surface area contributed by atoms with Gasteiger partial charge in [0.1, 0.15) is 11.3 Å². The number of alkyl halides is 2. The molecule has 1 amide bonds. The first-order valence-electron chi connectivity index (χ1n) is 8.61. The molecule has 28 heavy (non-hydrogen) atoms. The molecular formula is C19H18Cl2F3N3O. The molecule has 0 radical (unpaired) electrons. The minimum atomic E-state index is -3.07. The number of rotatable bonds is 6. The van der Waals surface area contributed by atoms with Gasteiger partial charge >= 0.3 is 0 Å². The van der Waals surface area contributed by atoms with E-state index in [9.17, 15) is 18.0 Å². The first-order valence-corrected chi connectivity index (χ1v) is 9.37. The van der Waals surface area contributed by atoms with Gasteiger partial charge in [0.15, 0.2) is 0 Å². The highest BCUT2D eigenvalue weighted by Gasteiger charge is 2.41. The van der Waals surface area contributed by atoms with E-state index in [0.29, 0.717) is 33.7 Å². The van der Waals surface area contributed by atoms with Gasteiger partial charge in [-0.1, -0.05) is 41.9 Å². The number of aromatic nitrogens is 2. The van der Waals surface area contributed by atoms with Crippen molar-refractivity contribution in [3.05, 3.63) is 57.6 Å². The van der Waals surface area contributed by atoms with Gasteiger partial charge in [0.05, 0.1) is 16.1 Å². The number of nitrogens with zero attached hydrogens (tertiary/aromatic N) is 3. The maximum atomic E-state index is 14.4. The van der Waals surface area contributed by atoms with Crippen molar-refractivity contribution in [1.82, 2.24) is 14.7 Å². The number of halogens is 5. The van der Waals surface area contributed by atoms with E-state index in [1.165, 1.54) is 11.9 Å². The molecule has 0 aliphatic heterocycles. The quantitative estimate of drug-likeness (QED) is 0.604. The van der Waals surface area contributed by atoms with Crippen molar-refractivity contribution in [1.29, 1.82) is 0 Å². The molecule has 9 heteroatoms. The summed E-state index contributed by atoms with van der Waals surface area (Å²) in [6.07, 6.45) is -1.69. The van der Waals surface area contributed by atoms with Crippen LogP contribution in [0.15, 0.2) is 24.8 Å². The largest absolute Gasteiger partial charge is 0.329 e. The molecule has 1 aliphatic rings. The van der Waals surface area contributed by atoms with Crippen molar-refractivity contribution in [2.45, 2.75) is 38.3 Å². The highest BCUT2D eigenvalue weighted by Crippen LogP contribution is 2.38. The third-order valence-corrected chi connectivity index (χ3v) is 5.64. The van der Waals surface area contributed by atoms with E-state index in [1.807, 2.05) is 0 Å². The molecule has 1 atom stereocenters. The summed E-state index contributed by atoms with van der Waals surface area (Å²) < 4.78 is 41.7. The lowest BCUT2D eigenvalue weighted by molar-refractivity contribution is 0.0698. The van der Waals surface area contributed by atoms with Crippen molar-refractivity contribution in [3.8, 4) is 0 Å². The van der Waals surface area contributed by atoms with Gasteiger partial charge < -0.3 is 4.90 Å². The fourth-order valence-electron chi connectivity index (χ4n) is 3.16. The SMILES string of the molecule is C=C(c1cccc(Cl)c1Cl)C(C)N(C(=O)c1c(C(F)F)nn(C)c1F)C1CC1. The molecule has 1 aromatic carbocycles. The van der Waals surface area contributed by atoms with Crippen molar-refractivity contribution in [3.63, 3.8) is 0 Å². The highest BCUT2D eigenvalue weighted by atomic mass is 35.5. The zero-order chi connectivity index (χ0) is 20.7. The molecule has 1 aromatic heterocycles. The molecule has 0 spiro atoms. The Kier molecular flexibility index (Phi) is 5.77. The summed E-state index contributed by atoms with van der Waals surface area (Å²) >= 11 is 12.3. The third-order valence-electron chi connectivity index (χ3n) is 4.82. The Balaban J connectivity index is 2.00. The number of carbonyl (C=O) groups excluding carboxylic acids is 1. The van der Waals surface area contributed by atoms with Gasteiger partial charge in [-0.05, 0) is 37.0 Å². The monoisotopic (exact) mass is 431 g/mol. The number of benzene rings is 1. The van der Waals surface area contributed by atoms with Crippen LogP contribution in [-0.2, 0) is 7.05 Å². The zero-order valence-corrected chi connectivity index (χ0v) is 16.7. The Hall–Kier alpha value is -1.99. The van der Waals surface area contributed by atoms with Gasteiger partial charge in [-0.3, -0.25) is 4.79 Å². The van der Waals surface area contributed by atoms with E-state index in [4.69, 9.17) is 23.2 Å². The predicted molar refractivity (Wildman–Crippen MR) is 102 cm³/mol. The molecule has 1 fully saturated rings. The summed E-state index contributed by atoms with van der Waals surface area (Å²) in [6.45, 7) is 5.72. The maximum absolute atomic E-state index is 14.4. The Morgan fingerprint density at radius 2 is 2.00 bits per heavy atom. The summed E-state index contributed by atoms with van der Waals surface area (Å²) in [6, 6.07) is 4.22. The number of hydrogen-bond acceptors (Lipinski definition) is 2. The number of hydrogen-bond donors (Lipinski definition) is 0. The second-order valence-electron chi connectivity index (χ2n) is 6.72. The Labute approximate surface area is 170 Å². The lowest BCUT2D eigenvalue weighted by Gasteiger charge is -2.31. The van der Waals surface area contributed by atoms with Crippen LogP contribution in [0.5, 0.6) is 0 Å². The lowest BCUT2D eigenvalue weighted by Crippen LogP contribution is -2.41. The zero-order valence-electron chi connectivity index (χ0n) is 15.2. The first-order chi connectivity index (χ1) is 13.1. The van der Waals surface area contributed by atoms with Gasteiger partial charge in [-0.2, -0.15) is 9.49 Å². The second-order valence-corrected chi connectivity index (χ2v) is 7.51. The highest BCUT2D eigenvalue weighted by molar-refractivity contribution is 6.43. The predicted octanol–water partition coefficient (Wildman–Crippen LogP) is 5.51. The summed E-state index contributed by atoms with van der Waals surface area (Å²) in [5, 5.41) is 4.08. The van der Waals surface area contributed by atoms with Crippen LogP contribution in [0, 0.1) is 5.95 Å². The van der Waals surface area contributed by atoms with E-state index < -0.39 is 35.6 Å². The minimum absolute atomic E-state index is 0.192. The van der Waals surface area contributed by atoms with Gasteiger partial charge in [0, 0.05) is 13.1 Å². The van der Waals surface area contributed by atoms with Crippen molar-refractivity contribution in [2.75, 3.05) is 0 Å². The molecule has 4 nitrogen and oxygen atoms in total. The van der Waals surface area contributed by atoms with Crippen LogP contribution in [0.4, 0.5) is 13.2 Å². The smallest absolute Gasteiger partial charge is 0.283 e. The fraction of sp³-hybridized carbons (Fsp3) is 0.368.